The smallest absolute Gasteiger partial charge is 0.146 e. The van der Waals surface area contributed by atoms with Gasteiger partial charge >= 0.3 is 0 Å². The van der Waals surface area contributed by atoms with E-state index in [1.54, 1.807) is 12.4 Å². The molecule has 0 saturated carbocycles. The summed E-state index contributed by atoms with van der Waals surface area (Å²) in [4.78, 5) is 12.0. The molecule has 14 heavy (non-hydrogen) atoms. The molecule has 0 amide bonds. The Balaban J connectivity index is 2.31. The maximum absolute atomic E-state index is 4.08. The van der Waals surface area contributed by atoms with Gasteiger partial charge in [-0.15, -0.1) is 0 Å². The molecule has 2 aromatic rings. The van der Waals surface area contributed by atoms with Crippen LogP contribution >= 0.6 is 0 Å². The normalized spacial score (nSPS) is 12.6. The molecule has 1 unspecified atom stereocenters. The van der Waals surface area contributed by atoms with Crippen LogP contribution < -0.4 is 5.32 Å². The van der Waals surface area contributed by atoms with Crippen LogP contribution in [0.15, 0.2) is 25.0 Å². The highest BCUT2D eigenvalue weighted by Gasteiger charge is 2.14. The van der Waals surface area contributed by atoms with Crippen LogP contribution in [0.5, 0.6) is 0 Å². The summed E-state index contributed by atoms with van der Waals surface area (Å²) in [5, 5.41) is 9.71. The van der Waals surface area contributed by atoms with Gasteiger partial charge in [0.05, 0.1) is 6.04 Å². The summed E-state index contributed by atoms with van der Waals surface area (Å²) in [7, 11) is 1.85. The molecule has 1 atom stereocenters. The van der Waals surface area contributed by atoms with E-state index in [1.165, 1.54) is 12.7 Å². The van der Waals surface area contributed by atoms with Crippen molar-refractivity contribution in [3.05, 3.63) is 36.4 Å². The third-order valence-corrected chi connectivity index (χ3v) is 1.91. The largest absolute Gasteiger partial charge is 0.307 e. The Bertz CT molecular complexity index is 370. The standard InChI is InChI=1S/C8H10N6/c1-9-7(8-12-5-13-14-8)6-2-10-4-11-3-6/h2-5,7,9H,1H3,(H,12,13,14). The fourth-order valence-electron chi connectivity index (χ4n) is 1.27. The Kier molecular flexibility index (Phi) is 2.46. The summed E-state index contributed by atoms with van der Waals surface area (Å²) >= 11 is 0. The van der Waals surface area contributed by atoms with Gasteiger partial charge in [0.25, 0.3) is 0 Å². The molecule has 0 fully saturated rings. The minimum atomic E-state index is -0.0429. The molecule has 0 spiro atoms. The second kappa shape index (κ2) is 3.93. The topological polar surface area (TPSA) is 79.4 Å². The lowest BCUT2D eigenvalue weighted by atomic mass is 10.1. The highest BCUT2D eigenvalue weighted by molar-refractivity contribution is 5.17. The fourth-order valence-corrected chi connectivity index (χ4v) is 1.27. The van der Waals surface area contributed by atoms with Crippen molar-refractivity contribution in [3.63, 3.8) is 0 Å². The summed E-state index contributed by atoms with van der Waals surface area (Å²) < 4.78 is 0. The monoisotopic (exact) mass is 190 g/mol. The van der Waals surface area contributed by atoms with Gasteiger partial charge in [0.2, 0.25) is 0 Å². The molecule has 2 rings (SSSR count). The van der Waals surface area contributed by atoms with Crippen molar-refractivity contribution in [2.24, 2.45) is 0 Å². The van der Waals surface area contributed by atoms with E-state index in [2.05, 4.69) is 30.5 Å². The molecule has 0 saturated heterocycles. The lowest BCUT2D eigenvalue weighted by molar-refractivity contribution is 0.644. The lowest BCUT2D eigenvalue weighted by Gasteiger charge is -2.11. The minimum Gasteiger partial charge on any atom is -0.307 e. The van der Waals surface area contributed by atoms with Crippen molar-refractivity contribution in [2.75, 3.05) is 7.05 Å². The second-order valence-electron chi connectivity index (χ2n) is 2.76. The number of hydrogen-bond donors (Lipinski definition) is 2. The molecule has 6 heteroatoms. The van der Waals surface area contributed by atoms with E-state index < -0.39 is 0 Å². The van der Waals surface area contributed by atoms with Crippen LogP contribution in [0, 0.1) is 0 Å². The van der Waals surface area contributed by atoms with Gasteiger partial charge in [-0.25, -0.2) is 15.0 Å². The van der Waals surface area contributed by atoms with Crippen molar-refractivity contribution < 1.29 is 0 Å². The lowest BCUT2D eigenvalue weighted by Crippen LogP contribution is -2.19. The molecule has 0 aliphatic carbocycles. The van der Waals surface area contributed by atoms with Gasteiger partial charge in [-0.2, -0.15) is 5.10 Å². The molecule has 0 aromatic carbocycles. The average Bonchev–Trinajstić information content (AvgIpc) is 2.74. The molecule has 2 N–H and O–H groups in total. The van der Waals surface area contributed by atoms with Crippen LogP contribution in [0.2, 0.25) is 0 Å². The van der Waals surface area contributed by atoms with E-state index in [-0.39, 0.29) is 6.04 Å². The van der Waals surface area contributed by atoms with Gasteiger partial charge in [-0.3, -0.25) is 5.10 Å². The van der Waals surface area contributed by atoms with Crippen LogP contribution in [0.1, 0.15) is 17.4 Å². The van der Waals surface area contributed by atoms with E-state index in [0.29, 0.717) is 0 Å². The Morgan fingerprint density at radius 1 is 1.29 bits per heavy atom. The number of nitrogens with one attached hydrogen (secondary N) is 2. The predicted octanol–water partition coefficient (Wildman–Crippen LogP) is -0.0965. The summed E-state index contributed by atoms with van der Waals surface area (Å²) in [6, 6.07) is -0.0429. The summed E-state index contributed by atoms with van der Waals surface area (Å²) in [6.45, 7) is 0. The zero-order valence-electron chi connectivity index (χ0n) is 7.68. The summed E-state index contributed by atoms with van der Waals surface area (Å²) in [5.41, 5.74) is 0.951. The van der Waals surface area contributed by atoms with Crippen LogP contribution in [-0.2, 0) is 0 Å². The maximum Gasteiger partial charge on any atom is 0.146 e. The number of rotatable bonds is 3. The first kappa shape index (κ1) is 8.76. The van der Waals surface area contributed by atoms with Crippen molar-refractivity contribution in [3.8, 4) is 0 Å². The van der Waals surface area contributed by atoms with Crippen molar-refractivity contribution in [1.82, 2.24) is 30.5 Å². The Labute approximate surface area is 80.8 Å². The number of aromatic amines is 1. The summed E-state index contributed by atoms with van der Waals surface area (Å²) in [5.74, 6) is 0.752. The maximum atomic E-state index is 4.08. The molecule has 0 bridgehead atoms. The van der Waals surface area contributed by atoms with Crippen LogP contribution in [0.4, 0.5) is 0 Å². The molecule has 72 valence electrons. The first-order valence-electron chi connectivity index (χ1n) is 4.19. The molecule has 0 radical (unpaired) electrons. The van der Waals surface area contributed by atoms with Crippen molar-refractivity contribution in [1.29, 1.82) is 0 Å². The van der Waals surface area contributed by atoms with E-state index in [0.717, 1.165) is 11.4 Å². The van der Waals surface area contributed by atoms with Gasteiger partial charge in [0.1, 0.15) is 18.5 Å². The molecular formula is C8H10N6. The van der Waals surface area contributed by atoms with Crippen LogP contribution in [-0.4, -0.2) is 32.2 Å². The zero-order valence-corrected chi connectivity index (χ0v) is 7.68. The Morgan fingerprint density at radius 2 is 2.07 bits per heavy atom. The van der Waals surface area contributed by atoms with Crippen LogP contribution in [0.25, 0.3) is 0 Å². The van der Waals surface area contributed by atoms with Crippen molar-refractivity contribution in [2.45, 2.75) is 6.04 Å². The van der Waals surface area contributed by atoms with Gasteiger partial charge in [-0.1, -0.05) is 0 Å². The average molecular weight is 190 g/mol. The quantitative estimate of drug-likeness (QED) is 0.706. The van der Waals surface area contributed by atoms with Gasteiger partial charge in [0.15, 0.2) is 0 Å². The molecule has 6 nitrogen and oxygen atoms in total. The molecule has 2 aromatic heterocycles. The van der Waals surface area contributed by atoms with E-state index in [4.69, 9.17) is 0 Å². The number of aromatic nitrogens is 5. The number of nitrogens with zero attached hydrogens (tertiary/aromatic N) is 4. The summed E-state index contributed by atoms with van der Waals surface area (Å²) in [6.07, 6.45) is 6.47. The SMILES string of the molecule is CNC(c1cncnc1)c1ncn[nH]1. The number of H-pyrrole nitrogens is 1. The minimum absolute atomic E-state index is 0.0429. The van der Waals surface area contributed by atoms with Gasteiger partial charge in [-0.05, 0) is 7.05 Å². The van der Waals surface area contributed by atoms with E-state index in [9.17, 15) is 0 Å². The third kappa shape index (κ3) is 1.60. The zero-order chi connectivity index (χ0) is 9.80. The molecule has 0 aliphatic heterocycles. The highest BCUT2D eigenvalue weighted by Crippen LogP contribution is 2.14. The van der Waals surface area contributed by atoms with E-state index >= 15 is 0 Å². The number of hydrogen-bond acceptors (Lipinski definition) is 5. The molecule has 2 heterocycles. The van der Waals surface area contributed by atoms with Gasteiger partial charge in [0, 0.05) is 18.0 Å². The van der Waals surface area contributed by atoms with Crippen molar-refractivity contribution >= 4 is 0 Å². The predicted molar refractivity (Wildman–Crippen MR) is 49.3 cm³/mol. The first-order chi connectivity index (χ1) is 6.92. The fraction of sp³-hybridized carbons (Fsp3) is 0.250. The first-order valence-corrected chi connectivity index (χ1v) is 4.19. The van der Waals surface area contributed by atoms with E-state index in [1.807, 2.05) is 7.05 Å². The molecular weight excluding hydrogens is 180 g/mol. The third-order valence-electron chi connectivity index (χ3n) is 1.91. The Hall–Kier alpha value is -1.82. The second-order valence-corrected chi connectivity index (χ2v) is 2.76. The van der Waals surface area contributed by atoms with Crippen LogP contribution in [0.3, 0.4) is 0 Å². The molecule has 0 aliphatic rings. The van der Waals surface area contributed by atoms with Gasteiger partial charge < -0.3 is 5.32 Å². The Morgan fingerprint density at radius 3 is 2.64 bits per heavy atom. The highest BCUT2D eigenvalue weighted by atomic mass is 15.2.